The van der Waals surface area contributed by atoms with Gasteiger partial charge in [-0.1, -0.05) is 41.4 Å². The number of ether oxygens (including phenoxy) is 2. The summed E-state index contributed by atoms with van der Waals surface area (Å²) >= 11 is 12.2. The van der Waals surface area contributed by atoms with Gasteiger partial charge in [-0.05, 0) is 36.4 Å². The van der Waals surface area contributed by atoms with Crippen molar-refractivity contribution in [3.05, 3.63) is 93.5 Å². The van der Waals surface area contributed by atoms with Crippen molar-refractivity contribution >= 4 is 29.2 Å². The fourth-order valence-corrected chi connectivity index (χ4v) is 2.83. The number of esters is 1. The second kappa shape index (κ2) is 8.37. The van der Waals surface area contributed by atoms with E-state index in [0.29, 0.717) is 21.3 Å². The molecule has 138 valence electrons. The Balaban J connectivity index is 2.01. The molecule has 2 aromatic carbocycles. The zero-order chi connectivity index (χ0) is 19.4. The number of hydrogen-bond acceptors (Lipinski definition) is 4. The largest absolute Gasteiger partial charge is 0.476 e. The van der Waals surface area contributed by atoms with Crippen LogP contribution < -0.4 is 4.74 Å². The van der Waals surface area contributed by atoms with E-state index in [9.17, 15) is 9.18 Å². The van der Waals surface area contributed by atoms with Crippen LogP contribution in [0, 0.1) is 5.82 Å². The van der Waals surface area contributed by atoms with Gasteiger partial charge in [0.05, 0.1) is 23.4 Å². The summed E-state index contributed by atoms with van der Waals surface area (Å²) in [6.45, 7) is 0. The highest BCUT2D eigenvalue weighted by Gasteiger charge is 2.22. The van der Waals surface area contributed by atoms with Crippen molar-refractivity contribution in [1.82, 2.24) is 4.98 Å². The van der Waals surface area contributed by atoms with E-state index in [2.05, 4.69) is 9.72 Å². The van der Waals surface area contributed by atoms with Crippen LogP contribution in [-0.2, 0) is 4.74 Å². The van der Waals surface area contributed by atoms with E-state index in [1.165, 1.54) is 25.4 Å². The Kier molecular flexibility index (Phi) is 5.94. The Hall–Kier alpha value is -2.63. The molecular weight excluding hydrogens is 392 g/mol. The topological polar surface area (TPSA) is 48.4 Å². The van der Waals surface area contributed by atoms with Gasteiger partial charge in [-0.25, -0.2) is 9.18 Å². The van der Waals surface area contributed by atoms with Gasteiger partial charge in [0.25, 0.3) is 0 Å². The molecule has 4 nitrogen and oxygen atoms in total. The van der Waals surface area contributed by atoms with Gasteiger partial charge in [0.15, 0.2) is 17.7 Å². The number of hydrogen-bond donors (Lipinski definition) is 0. The first-order chi connectivity index (χ1) is 13.0. The maximum atomic E-state index is 14.5. The lowest BCUT2D eigenvalue weighted by Gasteiger charge is -2.21. The summed E-state index contributed by atoms with van der Waals surface area (Å²) in [4.78, 5) is 15.8. The average molecular weight is 406 g/mol. The molecule has 0 spiro atoms. The molecule has 0 saturated heterocycles. The average Bonchev–Trinajstić information content (AvgIpc) is 2.68. The highest BCUT2D eigenvalue weighted by atomic mass is 35.5. The quantitative estimate of drug-likeness (QED) is 0.527. The lowest BCUT2D eigenvalue weighted by Crippen LogP contribution is -2.13. The van der Waals surface area contributed by atoms with Crippen molar-refractivity contribution in [2.45, 2.75) is 6.10 Å². The third-order valence-electron chi connectivity index (χ3n) is 3.80. The van der Waals surface area contributed by atoms with Gasteiger partial charge in [-0.15, -0.1) is 0 Å². The Labute approximate surface area is 165 Å². The lowest BCUT2D eigenvalue weighted by molar-refractivity contribution is 0.0600. The monoisotopic (exact) mass is 405 g/mol. The molecule has 3 aromatic rings. The second-order valence-corrected chi connectivity index (χ2v) is 6.40. The minimum Gasteiger partial charge on any atom is -0.476 e. The predicted octanol–water partition coefficient (Wildman–Crippen LogP) is 5.48. The van der Waals surface area contributed by atoms with Crippen molar-refractivity contribution in [3.63, 3.8) is 0 Å². The number of benzene rings is 2. The number of methoxy groups -OCH3 is 1. The fraction of sp³-hybridized carbons (Fsp3) is 0.100. The summed E-state index contributed by atoms with van der Waals surface area (Å²) in [6.07, 6.45) is 0.704. The maximum Gasteiger partial charge on any atom is 0.337 e. The third-order valence-corrected chi connectivity index (χ3v) is 4.37. The summed E-state index contributed by atoms with van der Waals surface area (Å²) in [7, 11) is 1.23. The van der Waals surface area contributed by atoms with Gasteiger partial charge in [0.1, 0.15) is 0 Å². The normalized spacial score (nSPS) is 11.7. The first-order valence-corrected chi connectivity index (χ1v) is 8.65. The van der Waals surface area contributed by atoms with E-state index in [4.69, 9.17) is 27.9 Å². The van der Waals surface area contributed by atoms with Gasteiger partial charge in [0.2, 0.25) is 0 Å². The number of carbonyl (C=O) groups excluding carboxylic acids is 1. The summed E-state index contributed by atoms with van der Waals surface area (Å²) in [5.74, 6) is -1.39. The van der Waals surface area contributed by atoms with E-state index in [-0.39, 0.29) is 11.3 Å². The lowest BCUT2D eigenvalue weighted by atomic mass is 10.1. The minimum atomic E-state index is -0.769. The van der Waals surface area contributed by atoms with Gasteiger partial charge in [-0.3, -0.25) is 4.98 Å². The van der Waals surface area contributed by atoms with Crippen LogP contribution in [0.5, 0.6) is 5.75 Å². The molecule has 0 N–H and O–H groups in total. The Morgan fingerprint density at radius 1 is 1.11 bits per heavy atom. The molecule has 27 heavy (non-hydrogen) atoms. The molecule has 0 aliphatic rings. The molecule has 3 rings (SSSR count). The first kappa shape index (κ1) is 19.1. The summed E-state index contributed by atoms with van der Waals surface area (Å²) in [6, 6.07) is 14.2. The van der Waals surface area contributed by atoms with Crippen LogP contribution in [0.2, 0.25) is 10.0 Å². The number of nitrogens with zero attached hydrogens (tertiary/aromatic N) is 1. The molecule has 1 atom stereocenters. The smallest absolute Gasteiger partial charge is 0.337 e. The molecule has 0 fully saturated rings. The van der Waals surface area contributed by atoms with Gasteiger partial charge < -0.3 is 9.47 Å². The third kappa shape index (κ3) is 4.38. The van der Waals surface area contributed by atoms with Crippen LogP contribution >= 0.6 is 23.2 Å². The number of halogens is 3. The minimum absolute atomic E-state index is 0.0516. The molecule has 0 saturated carbocycles. The van der Waals surface area contributed by atoms with Crippen LogP contribution in [0.4, 0.5) is 4.39 Å². The first-order valence-electron chi connectivity index (χ1n) is 7.90. The predicted molar refractivity (Wildman–Crippen MR) is 101 cm³/mol. The Bertz CT molecular complexity index is 964. The van der Waals surface area contributed by atoms with Crippen LogP contribution in [0.15, 0.2) is 60.8 Å². The standard InChI is InChI=1S/C20H14Cl2FNO3/c1-26-20(25)12-6-9-18(16(23)10-12)27-19(14-4-2-3-5-15(14)22)17-8-7-13(21)11-24-17/h2-11,19H,1H3. The highest BCUT2D eigenvalue weighted by Crippen LogP contribution is 2.33. The molecule has 0 bridgehead atoms. The van der Waals surface area contributed by atoms with Gasteiger partial charge in [0, 0.05) is 16.8 Å². The number of rotatable bonds is 5. The molecular formula is C20H14Cl2FNO3. The molecule has 0 amide bonds. The second-order valence-electron chi connectivity index (χ2n) is 5.56. The fourth-order valence-electron chi connectivity index (χ4n) is 2.48. The van der Waals surface area contributed by atoms with E-state index in [1.807, 2.05) is 0 Å². The van der Waals surface area contributed by atoms with Crippen molar-refractivity contribution in [1.29, 1.82) is 0 Å². The molecule has 0 aliphatic heterocycles. The van der Waals surface area contributed by atoms with E-state index >= 15 is 0 Å². The van der Waals surface area contributed by atoms with E-state index in [0.717, 1.165) is 6.07 Å². The molecule has 1 heterocycles. The van der Waals surface area contributed by atoms with Crippen molar-refractivity contribution in [3.8, 4) is 5.75 Å². The zero-order valence-corrected chi connectivity index (χ0v) is 15.7. The van der Waals surface area contributed by atoms with Crippen LogP contribution in [0.3, 0.4) is 0 Å². The Morgan fingerprint density at radius 3 is 2.52 bits per heavy atom. The highest BCUT2D eigenvalue weighted by molar-refractivity contribution is 6.31. The molecule has 0 radical (unpaired) electrons. The summed E-state index contributed by atoms with van der Waals surface area (Å²) in [5.41, 5.74) is 1.20. The van der Waals surface area contributed by atoms with Crippen molar-refractivity contribution in [2.24, 2.45) is 0 Å². The van der Waals surface area contributed by atoms with E-state index < -0.39 is 17.9 Å². The molecule has 0 aliphatic carbocycles. The number of pyridine rings is 1. The van der Waals surface area contributed by atoms with Crippen molar-refractivity contribution < 1.29 is 18.7 Å². The number of aromatic nitrogens is 1. The Morgan fingerprint density at radius 2 is 1.89 bits per heavy atom. The summed E-state index contributed by atoms with van der Waals surface area (Å²) < 4.78 is 25.0. The molecule has 7 heteroatoms. The van der Waals surface area contributed by atoms with Gasteiger partial charge in [-0.2, -0.15) is 0 Å². The number of carbonyl (C=O) groups is 1. The van der Waals surface area contributed by atoms with Crippen molar-refractivity contribution in [2.75, 3.05) is 7.11 Å². The van der Waals surface area contributed by atoms with E-state index in [1.54, 1.807) is 36.4 Å². The van der Waals surface area contributed by atoms with Crippen LogP contribution in [0.1, 0.15) is 27.7 Å². The summed E-state index contributed by atoms with van der Waals surface area (Å²) in [5, 5.41) is 0.913. The molecule has 1 unspecified atom stereocenters. The SMILES string of the molecule is COC(=O)c1ccc(OC(c2ccc(Cl)cn2)c2ccccc2Cl)c(F)c1. The van der Waals surface area contributed by atoms with Crippen LogP contribution in [0.25, 0.3) is 0 Å². The van der Waals surface area contributed by atoms with Crippen LogP contribution in [-0.4, -0.2) is 18.1 Å². The molecule has 1 aromatic heterocycles. The maximum absolute atomic E-state index is 14.5. The van der Waals surface area contributed by atoms with Gasteiger partial charge >= 0.3 is 5.97 Å². The zero-order valence-electron chi connectivity index (χ0n) is 14.2.